The van der Waals surface area contributed by atoms with Crippen molar-refractivity contribution >= 4 is 29.5 Å². The van der Waals surface area contributed by atoms with Crippen molar-refractivity contribution in [3.05, 3.63) is 125 Å². The van der Waals surface area contributed by atoms with E-state index in [0.717, 1.165) is 5.56 Å². The van der Waals surface area contributed by atoms with Crippen LogP contribution in [0.1, 0.15) is 32.6 Å². The molecule has 0 aliphatic heterocycles. The molecule has 0 spiro atoms. The average molecular weight is 441 g/mol. The van der Waals surface area contributed by atoms with Crippen molar-refractivity contribution in [1.82, 2.24) is 0 Å². The quantitative estimate of drug-likeness (QED) is 0.263. The second kappa shape index (κ2) is 9.18. The minimum Gasteiger partial charge on any atom is -0.298 e. The summed E-state index contributed by atoms with van der Waals surface area (Å²) in [5.41, 5.74) is 4.70. The summed E-state index contributed by atoms with van der Waals surface area (Å²) < 4.78 is 14.7. The predicted molar refractivity (Wildman–Crippen MR) is 135 cm³/mol. The lowest BCUT2D eigenvalue weighted by molar-refractivity contribution is 0.112. The van der Waals surface area contributed by atoms with E-state index >= 15 is 0 Å². The molecule has 0 unspecified atom stereocenters. The Morgan fingerprint density at radius 3 is 1.50 bits per heavy atom. The van der Waals surface area contributed by atoms with Crippen molar-refractivity contribution < 1.29 is 9.18 Å². The Morgan fingerprint density at radius 1 is 0.688 bits per heavy atom. The Kier molecular flexibility index (Phi) is 6.35. The van der Waals surface area contributed by atoms with Crippen LogP contribution in [0.3, 0.4) is 0 Å². The van der Waals surface area contributed by atoms with Crippen LogP contribution in [0.25, 0.3) is 0 Å². The molecule has 1 nitrogen and oxygen atoms in total. The highest BCUT2D eigenvalue weighted by Crippen LogP contribution is 2.60. The van der Waals surface area contributed by atoms with Gasteiger partial charge in [0.05, 0.1) is 11.7 Å². The van der Waals surface area contributed by atoms with E-state index < -0.39 is 13.1 Å². The third-order valence-corrected chi connectivity index (χ3v) is 11.0. The largest absolute Gasteiger partial charge is 0.298 e. The summed E-state index contributed by atoms with van der Waals surface area (Å²) in [5.74, 6) is -0.463. The van der Waals surface area contributed by atoms with Crippen LogP contribution in [-0.4, -0.2) is 6.29 Å². The molecule has 0 atom stereocenters. The first kappa shape index (κ1) is 22.1. The molecule has 32 heavy (non-hydrogen) atoms. The third-order valence-electron chi connectivity index (χ3n) is 6.19. The first-order valence-electron chi connectivity index (χ1n) is 10.8. The molecular weight excluding hydrogens is 413 g/mol. The number of aryl methyl sites for hydroxylation is 3. The molecule has 4 rings (SSSR count). The highest BCUT2D eigenvalue weighted by Gasteiger charge is 2.48. The van der Waals surface area contributed by atoms with E-state index in [2.05, 4.69) is 93.6 Å². The molecule has 0 radical (unpaired) electrons. The maximum absolute atomic E-state index is 14.7. The molecule has 0 fully saturated rings. The smallest absolute Gasteiger partial charge is 0.152 e. The van der Waals surface area contributed by atoms with Crippen LogP contribution in [0.2, 0.25) is 0 Å². The third kappa shape index (κ3) is 3.92. The van der Waals surface area contributed by atoms with Crippen molar-refractivity contribution in [1.29, 1.82) is 0 Å². The maximum atomic E-state index is 14.7. The zero-order valence-corrected chi connectivity index (χ0v) is 19.6. The Balaban J connectivity index is 2.09. The topological polar surface area (TPSA) is 17.1 Å². The minimum absolute atomic E-state index is 0.0976. The zero-order chi connectivity index (χ0) is 22.7. The van der Waals surface area contributed by atoms with Gasteiger partial charge in [-0.25, -0.2) is 4.39 Å². The molecule has 0 aromatic heterocycles. The van der Waals surface area contributed by atoms with E-state index in [1.165, 1.54) is 38.7 Å². The summed E-state index contributed by atoms with van der Waals surface area (Å²) >= 11 is 0. The first-order chi connectivity index (χ1) is 15.5. The van der Waals surface area contributed by atoms with Crippen LogP contribution in [0.15, 0.2) is 91.0 Å². The fourth-order valence-corrected chi connectivity index (χ4v) is 9.74. The summed E-state index contributed by atoms with van der Waals surface area (Å²) in [4.78, 5) is 11.2. The van der Waals surface area contributed by atoms with E-state index in [9.17, 15) is 9.18 Å². The molecule has 0 saturated carbocycles. The van der Waals surface area contributed by atoms with Gasteiger partial charge in [-0.1, -0.05) is 60.7 Å². The Labute approximate surface area is 190 Å². The summed E-state index contributed by atoms with van der Waals surface area (Å²) in [5, 5.41) is 3.93. The van der Waals surface area contributed by atoms with Gasteiger partial charge >= 0.3 is 0 Å². The van der Waals surface area contributed by atoms with Crippen molar-refractivity contribution in [2.24, 2.45) is 0 Å². The van der Waals surface area contributed by atoms with Crippen molar-refractivity contribution in [2.75, 3.05) is 0 Å². The number of benzene rings is 4. The van der Waals surface area contributed by atoms with Gasteiger partial charge in [0.1, 0.15) is 29.0 Å². The second-order valence-electron chi connectivity index (χ2n) is 8.30. The molecule has 0 aliphatic rings. The van der Waals surface area contributed by atoms with Crippen molar-refractivity contribution in [2.45, 2.75) is 26.9 Å². The summed E-state index contributed by atoms with van der Waals surface area (Å²) in [6.45, 7) is 6.49. The van der Waals surface area contributed by atoms with Gasteiger partial charge in [-0.15, -0.1) is 0 Å². The Bertz CT molecular complexity index is 1170. The van der Waals surface area contributed by atoms with Crippen molar-refractivity contribution in [3.8, 4) is 0 Å². The van der Waals surface area contributed by atoms with Crippen LogP contribution < -0.4 is 15.9 Å². The van der Waals surface area contributed by atoms with Crippen LogP contribution in [0.4, 0.5) is 4.39 Å². The number of carbonyl (C=O) groups excluding carboxylic acids is 1. The molecule has 160 valence electrons. The molecule has 0 N–H and O–H groups in total. The highest BCUT2D eigenvalue weighted by atomic mass is 31.2. The van der Waals surface area contributed by atoms with E-state index in [1.807, 2.05) is 6.07 Å². The minimum atomic E-state index is -2.19. The first-order valence-corrected chi connectivity index (χ1v) is 12.7. The number of carbonyl (C=O) groups is 1. The van der Waals surface area contributed by atoms with Crippen LogP contribution in [0, 0.1) is 26.6 Å². The maximum Gasteiger partial charge on any atom is 0.152 e. The van der Waals surface area contributed by atoms with E-state index in [-0.39, 0.29) is 5.56 Å². The van der Waals surface area contributed by atoms with E-state index in [4.69, 9.17) is 0 Å². The summed E-state index contributed by atoms with van der Waals surface area (Å²) in [6, 6.07) is 30.7. The molecule has 0 bridgehead atoms. The fourth-order valence-electron chi connectivity index (χ4n) is 4.66. The fraction of sp³-hybridized carbons (Fsp3) is 0.138. The van der Waals surface area contributed by atoms with Gasteiger partial charge in [0.15, 0.2) is 6.29 Å². The number of aldehydes is 1. The van der Waals surface area contributed by atoms with Gasteiger partial charge in [-0.3, -0.25) is 4.79 Å². The average Bonchev–Trinajstić information content (AvgIpc) is 2.79. The number of hydrogen-bond acceptors (Lipinski definition) is 1. The van der Waals surface area contributed by atoms with Crippen LogP contribution in [0.5, 0.6) is 0 Å². The van der Waals surface area contributed by atoms with Crippen LogP contribution >= 0.6 is 7.26 Å². The van der Waals surface area contributed by atoms with Gasteiger partial charge in [0.25, 0.3) is 0 Å². The second-order valence-corrected chi connectivity index (χ2v) is 11.7. The molecule has 0 aliphatic carbocycles. The number of rotatable bonds is 6. The van der Waals surface area contributed by atoms with E-state index in [1.54, 1.807) is 6.07 Å². The normalized spacial score (nSPS) is 11.4. The summed E-state index contributed by atoms with van der Waals surface area (Å²) in [6.07, 6.45) is 1.26. The van der Waals surface area contributed by atoms with Gasteiger partial charge in [0.2, 0.25) is 0 Å². The molecular formula is C29H27FOP+. The Morgan fingerprint density at radius 2 is 1.12 bits per heavy atom. The molecule has 0 amide bonds. The highest BCUT2D eigenvalue weighted by molar-refractivity contribution is 7.95. The van der Waals surface area contributed by atoms with E-state index in [0.29, 0.717) is 12.4 Å². The molecule has 4 aromatic carbocycles. The number of hydrogen-bond donors (Lipinski definition) is 0. The molecule has 4 aromatic rings. The standard InChI is InChI=1S/C29H27FOP/c1-21-10-4-7-13-27(21)32(28-14-8-5-11-22(28)2,29-15-9-6-12-23(29)3)20-24-16-17-25(19-31)26(30)18-24/h4-19H,20H2,1-3H3/q+1/i30-1. The SMILES string of the molecule is Cc1ccccc1[P+](Cc1ccc(C=O)c([18F])c1)(c1ccccc1C)c1ccccc1C. The monoisotopic (exact) mass is 440 g/mol. The molecule has 0 saturated heterocycles. The molecule has 0 heterocycles. The zero-order valence-electron chi connectivity index (χ0n) is 18.7. The summed E-state index contributed by atoms with van der Waals surface area (Å²) in [7, 11) is -2.19. The lowest BCUT2D eigenvalue weighted by atomic mass is 10.1. The van der Waals surface area contributed by atoms with Gasteiger partial charge < -0.3 is 0 Å². The van der Waals surface area contributed by atoms with Gasteiger partial charge in [-0.2, -0.15) is 0 Å². The molecule has 3 heteroatoms. The lowest BCUT2D eigenvalue weighted by Crippen LogP contribution is -2.36. The van der Waals surface area contributed by atoms with Crippen LogP contribution in [-0.2, 0) is 6.16 Å². The van der Waals surface area contributed by atoms with Gasteiger partial charge in [0, 0.05) is 0 Å². The number of halogens is 1. The Hall–Kier alpha value is -3.09. The van der Waals surface area contributed by atoms with Crippen molar-refractivity contribution in [3.63, 3.8) is 0 Å². The lowest BCUT2D eigenvalue weighted by Gasteiger charge is -2.31. The van der Waals surface area contributed by atoms with Gasteiger partial charge in [-0.05, 0) is 73.4 Å². The predicted octanol–water partition coefficient (Wildman–Crippen LogP) is 6.06.